The van der Waals surface area contributed by atoms with Gasteiger partial charge in [-0.05, 0) is 17.7 Å². The summed E-state index contributed by atoms with van der Waals surface area (Å²) in [6.45, 7) is 0. The summed E-state index contributed by atoms with van der Waals surface area (Å²) in [6, 6.07) is 7.96. The van der Waals surface area contributed by atoms with Gasteiger partial charge in [0.05, 0.1) is 6.42 Å². The van der Waals surface area contributed by atoms with Crippen LogP contribution in [0.25, 0.3) is 0 Å². The van der Waals surface area contributed by atoms with Crippen LogP contribution < -0.4 is 5.73 Å². The number of nitrogens with zero attached hydrogens (tertiary/aromatic N) is 1. The summed E-state index contributed by atoms with van der Waals surface area (Å²) in [5.74, 6) is 0.560. The highest BCUT2D eigenvalue weighted by Crippen LogP contribution is 2.27. The molecule has 3 nitrogen and oxygen atoms in total. The molecule has 4 heteroatoms. The molecule has 0 amide bonds. The zero-order chi connectivity index (χ0) is 9.26. The second-order valence-corrected chi connectivity index (χ2v) is 3.85. The lowest BCUT2D eigenvalue weighted by Crippen LogP contribution is -2.09. The molecule has 0 spiro atoms. The molecule has 2 N–H and O–H groups in total. The molecule has 1 aliphatic heterocycles. The number of halogens is 1. The lowest BCUT2D eigenvalue weighted by molar-refractivity contribution is 0.0857. The molecule has 1 aromatic carbocycles. The highest BCUT2D eigenvalue weighted by atomic mass is 79.9. The molecule has 0 aliphatic carbocycles. The van der Waals surface area contributed by atoms with Gasteiger partial charge in [0, 0.05) is 4.47 Å². The van der Waals surface area contributed by atoms with E-state index in [1.807, 2.05) is 24.3 Å². The fourth-order valence-electron chi connectivity index (χ4n) is 1.28. The van der Waals surface area contributed by atoms with E-state index in [0.29, 0.717) is 12.3 Å². The molecule has 2 rings (SSSR count). The van der Waals surface area contributed by atoms with E-state index in [9.17, 15) is 0 Å². The van der Waals surface area contributed by atoms with Gasteiger partial charge in [-0.25, -0.2) is 0 Å². The normalized spacial score (nSPS) is 21.0. The first-order valence-corrected chi connectivity index (χ1v) is 4.78. The van der Waals surface area contributed by atoms with Crippen molar-refractivity contribution >= 4 is 21.8 Å². The van der Waals surface area contributed by atoms with Crippen LogP contribution >= 0.6 is 15.9 Å². The smallest absolute Gasteiger partial charge is 0.159 e. The number of nitrogens with two attached hydrogens (primary N) is 1. The minimum absolute atomic E-state index is 0.0162. The van der Waals surface area contributed by atoms with Gasteiger partial charge in [0.1, 0.15) is 5.84 Å². The molecule has 1 atom stereocenters. The minimum Gasteiger partial charge on any atom is -0.386 e. The van der Waals surface area contributed by atoms with Crippen LogP contribution in [0.2, 0.25) is 0 Å². The van der Waals surface area contributed by atoms with Crippen LogP contribution in [-0.4, -0.2) is 5.84 Å². The molecular formula is C9H9BrN2O. The number of oxime groups is 1. The summed E-state index contributed by atoms with van der Waals surface area (Å²) in [6.07, 6.45) is 0.661. The molecule has 1 aromatic rings. The van der Waals surface area contributed by atoms with Crippen molar-refractivity contribution in [2.45, 2.75) is 12.5 Å². The number of amidine groups is 1. The monoisotopic (exact) mass is 240 g/mol. The first-order valence-electron chi connectivity index (χ1n) is 3.99. The zero-order valence-corrected chi connectivity index (χ0v) is 8.49. The van der Waals surface area contributed by atoms with Gasteiger partial charge in [-0.3, -0.25) is 0 Å². The Bertz CT molecular complexity index is 351. The zero-order valence-electron chi connectivity index (χ0n) is 6.90. The second-order valence-electron chi connectivity index (χ2n) is 2.94. The van der Waals surface area contributed by atoms with Gasteiger partial charge in [0.2, 0.25) is 0 Å². The third-order valence-electron chi connectivity index (χ3n) is 1.91. The predicted octanol–water partition coefficient (Wildman–Crippen LogP) is 2.18. The van der Waals surface area contributed by atoms with E-state index in [2.05, 4.69) is 21.1 Å². The lowest BCUT2D eigenvalue weighted by atomic mass is 10.1. The van der Waals surface area contributed by atoms with Gasteiger partial charge >= 0.3 is 0 Å². The Morgan fingerprint density at radius 1 is 1.54 bits per heavy atom. The summed E-state index contributed by atoms with van der Waals surface area (Å²) < 4.78 is 1.04. The molecule has 0 bridgehead atoms. The predicted molar refractivity (Wildman–Crippen MR) is 54.2 cm³/mol. The second kappa shape index (κ2) is 3.38. The molecule has 0 saturated carbocycles. The number of hydrogen-bond acceptors (Lipinski definition) is 3. The maximum absolute atomic E-state index is 5.51. The molecule has 0 radical (unpaired) electrons. The Morgan fingerprint density at radius 2 is 2.38 bits per heavy atom. The highest BCUT2D eigenvalue weighted by molar-refractivity contribution is 9.10. The fraction of sp³-hybridized carbons (Fsp3) is 0.222. The molecule has 68 valence electrons. The summed E-state index contributed by atoms with van der Waals surface area (Å²) in [5.41, 5.74) is 6.61. The third-order valence-corrected chi connectivity index (χ3v) is 2.41. The van der Waals surface area contributed by atoms with Crippen LogP contribution in [0.15, 0.2) is 33.9 Å². The van der Waals surface area contributed by atoms with Crippen molar-refractivity contribution < 1.29 is 4.84 Å². The first-order chi connectivity index (χ1) is 6.25. The van der Waals surface area contributed by atoms with E-state index in [1.165, 1.54) is 0 Å². The van der Waals surface area contributed by atoms with E-state index in [-0.39, 0.29) is 6.10 Å². The summed E-state index contributed by atoms with van der Waals surface area (Å²) in [7, 11) is 0. The van der Waals surface area contributed by atoms with Gasteiger partial charge in [0.25, 0.3) is 0 Å². The van der Waals surface area contributed by atoms with Crippen molar-refractivity contribution in [1.29, 1.82) is 0 Å². The van der Waals surface area contributed by atoms with Crippen molar-refractivity contribution in [2.75, 3.05) is 0 Å². The average Bonchev–Trinajstić information content (AvgIpc) is 2.52. The van der Waals surface area contributed by atoms with Crippen LogP contribution in [0.4, 0.5) is 0 Å². The van der Waals surface area contributed by atoms with Crippen LogP contribution in [0.1, 0.15) is 18.1 Å². The van der Waals surface area contributed by atoms with Crippen LogP contribution in [0, 0.1) is 0 Å². The van der Waals surface area contributed by atoms with Crippen molar-refractivity contribution in [3.8, 4) is 0 Å². The Hall–Kier alpha value is -1.03. The Labute approximate surface area is 84.7 Å². The summed E-state index contributed by atoms with van der Waals surface area (Å²) >= 11 is 3.40. The molecule has 0 aromatic heterocycles. The summed E-state index contributed by atoms with van der Waals surface area (Å²) in [5, 5.41) is 3.70. The van der Waals surface area contributed by atoms with Crippen molar-refractivity contribution in [3.05, 3.63) is 34.3 Å². The van der Waals surface area contributed by atoms with Gasteiger partial charge in [-0.15, -0.1) is 0 Å². The molecule has 0 fully saturated rings. The first kappa shape index (κ1) is 8.56. The van der Waals surface area contributed by atoms with Crippen molar-refractivity contribution in [2.24, 2.45) is 10.9 Å². The standard InChI is InChI=1S/C9H9BrN2O/c10-7-3-1-2-6(4-7)8-5-9(11)12-13-8/h1-4,8H,5H2,(H2,11,12). The van der Waals surface area contributed by atoms with E-state index in [4.69, 9.17) is 10.6 Å². The van der Waals surface area contributed by atoms with Crippen LogP contribution in [-0.2, 0) is 4.84 Å². The van der Waals surface area contributed by atoms with Crippen molar-refractivity contribution in [3.63, 3.8) is 0 Å². The van der Waals surface area contributed by atoms with E-state index >= 15 is 0 Å². The molecule has 1 heterocycles. The molecule has 0 saturated heterocycles. The van der Waals surface area contributed by atoms with Gasteiger partial charge in [0.15, 0.2) is 6.10 Å². The Balaban J connectivity index is 2.18. The van der Waals surface area contributed by atoms with Crippen LogP contribution in [0.3, 0.4) is 0 Å². The number of rotatable bonds is 1. The maximum Gasteiger partial charge on any atom is 0.159 e. The van der Waals surface area contributed by atoms with E-state index in [1.54, 1.807) is 0 Å². The van der Waals surface area contributed by atoms with E-state index < -0.39 is 0 Å². The summed E-state index contributed by atoms with van der Waals surface area (Å²) in [4.78, 5) is 5.15. The third kappa shape index (κ3) is 1.83. The molecular weight excluding hydrogens is 232 g/mol. The lowest BCUT2D eigenvalue weighted by Gasteiger charge is -2.07. The molecule has 1 unspecified atom stereocenters. The molecule has 13 heavy (non-hydrogen) atoms. The Morgan fingerprint density at radius 3 is 3.00 bits per heavy atom. The average molecular weight is 241 g/mol. The highest BCUT2D eigenvalue weighted by Gasteiger charge is 2.20. The van der Waals surface area contributed by atoms with Crippen molar-refractivity contribution in [1.82, 2.24) is 0 Å². The van der Waals surface area contributed by atoms with Crippen LogP contribution in [0.5, 0.6) is 0 Å². The van der Waals surface area contributed by atoms with Gasteiger partial charge in [-0.1, -0.05) is 33.2 Å². The van der Waals surface area contributed by atoms with Gasteiger partial charge in [-0.2, -0.15) is 0 Å². The van der Waals surface area contributed by atoms with Gasteiger partial charge < -0.3 is 10.6 Å². The SMILES string of the molecule is NC1=NOC(c2cccc(Br)c2)C1. The maximum atomic E-state index is 5.51. The Kier molecular flexibility index (Phi) is 2.22. The van der Waals surface area contributed by atoms with E-state index in [0.717, 1.165) is 10.0 Å². The quantitative estimate of drug-likeness (QED) is 0.819. The topological polar surface area (TPSA) is 47.6 Å². The fourth-order valence-corrected chi connectivity index (χ4v) is 1.70. The minimum atomic E-state index is -0.0162. The molecule has 1 aliphatic rings. The number of hydrogen-bond donors (Lipinski definition) is 1. The number of benzene rings is 1. The largest absolute Gasteiger partial charge is 0.386 e.